The number of halogens is 1. The molecule has 0 unspecified atom stereocenters. The molecule has 4 rings (SSSR count). The lowest BCUT2D eigenvalue weighted by atomic mass is 9.98. The van der Waals surface area contributed by atoms with Crippen LogP contribution in [-0.2, 0) is 11.3 Å². The Hall–Kier alpha value is -2.92. The molecular formula is C23H22BrN3O. The fourth-order valence-electron chi connectivity index (χ4n) is 3.76. The van der Waals surface area contributed by atoms with Crippen molar-refractivity contribution in [3.63, 3.8) is 0 Å². The Balaban J connectivity index is 0.00000225. The van der Waals surface area contributed by atoms with Crippen LogP contribution in [0.1, 0.15) is 13.8 Å². The zero-order valence-electron chi connectivity index (χ0n) is 15.9. The number of rotatable bonds is 3. The molecule has 0 aliphatic rings. The number of nitrogens with one attached hydrogen (secondary N) is 1. The van der Waals surface area contributed by atoms with E-state index in [0.717, 1.165) is 50.9 Å². The molecule has 142 valence electrons. The summed E-state index contributed by atoms with van der Waals surface area (Å²) in [6.45, 7) is 4.47. The molecule has 0 saturated heterocycles. The normalized spacial score (nSPS) is 10.6. The molecule has 0 radical (unpaired) electrons. The Morgan fingerprint density at radius 3 is 2.36 bits per heavy atom. The summed E-state index contributed by atoms with van der Waals surface area (Å²) in [6, 6.07) is 22.5. The van der Waals surface area contributed by atoms with Gasteiger partial charge >= 0.3 is 0 Å². The average Bonchev–Trinajstić information content (AvgIpc) is 2.66. The molecule has 0 saturated carbocycles. The molecule has 3 N–H and O–H groups in total. The number of anilines is 2. The molecule has 0 fully saturated rings. The third kappa shape index (κ3) is 3.45. The zero-order chi connectivity index (χ0) is 19.0. The van der Waals surface area contributed by atoms with Crippen molar-refractivity contribution in [3.8, 4) is 11.3 Å². The van der Waals surface area contributed by atoms with Gasteiger partial charge in [0.1, 0.15) is 6.54 Å². The van der Waals surface area contributed by atoms with Crippen LogP contribution in [0.5, 0.6) is 0 Å². The molecule has 28 heavy (non-hydrogen) atoms. The van der Waals surface area contributed by atoms with Gasteiger partial charge in [-0.1, -0.05) is 24.3 Å². The highest BCUT2D eigenvalue weighted by atomic mass is 79.9. The summed E-state index contributed by atoms with van der Waals surface area (Å²) >= 11 is 0. The molecule has 4 nitrogen and oxygen atoms in total. The van der Waals surface area contributed by atoms with E-state index in [4.69, 9.17) is 5.73 Å². The topological polar surface area (TPSA) is 59.0 Å². The Bertz CT molecular complexity index is 1170. The second-order valence-corrected chi connectivity index (χ2v) is 6.68. The van der Waals surface area contributed by atoms with Gasteiger partial charge in [0.25, 0.3) is 0 Å². The van der Waals surface area contributed by atoms with Gasteiger partial charge in [0.05, 0.1) is 10.8 Å². The Morgan fingerprint density at radius 1 is 0.964 bits per heavy atom. The smallest absolute Gasteiger partial charge is 0.221 e. The van der Waals surface area contributed by atoms with Crippen molar-refractivity contribution in [1.29, 1.82) is 0 Å². The number of hydrogen-bond donors (Lipinski definition) is 2. The molecular weight excluding hydrogens is 414 g/mol. The van der Waals surface area contributed by atoms with E-state index in [1.54, 1.807) is 0 Å². The molecule has 0 aliphatic carbocycles. The molecule has 1 heterocycles. The van der Waals surface area contributed by atoms with Crippen molar-refractivity contribution in [2.45, 2.75) is 20.4 Å². The number of aromatic nitrogens is 1. The van der Waals surface area contributed by atoms with E-state index in [1.165, 1.54) is 6.92 Å². The monoisotopic (exact) mass is 435 g/mol. The van der Waals surface area contributed by atoms with Crippen molar-refractivity contribution in [3.05, 3.63) is 66.7 Å². The summed E-state index contributed by atoms with van der Waals surface area (Å²) in [4.78, 5) is 11.5. The lowest BCUT2D eigenvalue weighted by molar-refractivity contribution is -0.655. The second-order valence-electron chi connectivity index (χ2n) is 6.68. The number of aryl methyl sites for hydroxylation is 1. The summed E-state index contributed by atoms with van der Waals surface area (Å²) in [7, 11) is 0. The summed E-state index contributed by atoms with van der Waals surface area (Å²) in [6.07, 6.45) is 0. The first-order valence-electron chi connectivity index (χ1n) is 9.10. The molecule has 0 spiro atoms. The Labute approximate surface area is 174 Å². The van der Waals surface area contributed by atoms with E-state index >= 15 is 0 Å². The van der Waals surface area contributed by atoms with Gasteiger partial charge < -0.3 is 28.0 Å². The van der Waals surface area contributed by atoms with Gasteiger partial charge in [-0.3, -0.25) is 4.79 Å². The number of benzene rings is 3. The van der Waals surface area contributed by atoms with E-state index in [0.29, 0.717) is 0 Å². The maximum atomic E-state index is 11.5. The van der Waals surface area contributed by atoms with Crippen LogP contribution in [0.3, 0.4) is 0 Å². The minimum absolute atomic E-state index is 0. The van der Waals surface area contributed by atoms with Gasteiger partial charge in [-0.15, -0.1) is 0 Å². The summed E-state index contributed by atoms with van der Waals surface area (Å²) in [5.41, 5.74) is 11.0. The molecule has 1 aromatic heterocycles. The quantitative estimate of drug-likeness (QED) is 0.291. The third-order valence-electron chi connectivity index (χ3n) is 4.83. The number of nitrogen functional groups attached to an aromatic ring is 1. The number of pyridine rings is 1. The highest BCUT2D eigenvalue weighted by molar-refractivity contribution is 6.10. The number of carbonyl (C=O) groups excluding carboxylic acids is 1. The first-order valence-corrected chi connectivity index (χ1v) is 9.10. The molecule has 3 aromatic carbocycles. The van der Waals surface area contributed by atoms with Crippen LogP contribution >= 0.6 is 0 Å². The first kappa shape index (κ1) is 19.8. The number of nitrogens with zero attached hydrogens (tertiary/aromatic N) is 1. The van der Waals surface area contributed by atoms with Crippen LogP contribution in [0.4, 0.5) is 11.4 Å². The van der Waals surface area contributed by atoms with E-state index in [-0.39, 0.29) is 22.9 Å². The minimum Gasteiger partial charge on any atom is -1.00 e. The first-order chi connectivity index (χ1) is 13.1. The summed E-state index contributed by atoms with van der Waals surface area (Å²) in [5, 5.41) is 6.29. The van der Waals surface area contributed by atoms with E-state index in [9.17, 15) is 4.79 Å². The predicted octanol–water partition coefficient (Wildman–Crippen LogP) is 1.51. The van der Waals surface area contributed by atoms with Crippen LogP contribution in [0.25, 0.3) is 32.9 Å². The fraction of sp³-hybridized carbons (Fsp3) is 0.130. The Morgan fingerprint density at radius 2 is 1.68 bits per heavy atom. The van der Waals surface area contributed by atoms with Gasteiger partial charge in [0.15, 0.2) is 0 Å². The lowest BCUT2D eigenvalue weighted by Crippen LogP contribution is -3.00. The van der Waals surface area contributed by atoms with Crippen LogP contribution in [0.2, 0.25) is 0 Å². The molecule has 0 bridgehead atoms. The maximum absolute atomic E-state index is 11.5. The highest BCUT2D eigenvalue weighted by Gasteiger charge is 2.22. The number of nitrogens with two attached hydrogens (primary N) is 1. The van der Waals surface area contributed by atoms with E-state index in [2.05, 4.69) is 47.1 Å². The van der Waals surface area contributed by atoms with E-state index in [1.807, 2.05) is 36.4 Å². The number of carbonyl (C=O) groups is 1. The van der Waals surface area contributed by atoms with Crippen molar-refractivity contribution in [2.24, 2.45) is 0 Å². The van der Waals surface area contributed by atoms with Crippen molar-refractivity contribution < 1.29 is 26.3 Å². The summed E-state index contributed by atoms with van der Waals surface area (Å²) < 4.78 is 2.29. The highest BCUT2D eigenvalue weighted by Crippen LogP contribution is 2.33. The van der Waals surface area contributed by atoms with Gasteiger partial charge in [0, 0.05) is 35.3 Å². The standard InChI is InChI=1S/C23H21N3O.BrH/c1-3-26-22-13-17(24)9-11-20(22)19-12-10-18(25-15(2)27)14-21(19)23(26)16-7-5-4-6-8-16;/h4-14,24H,3H2,1-2H3,(H,25,27);1H. The second kappa shape index (κ2) is 7.98. The van der Waals surface area contributed by atoms with Crippen LogP contribution in [-0.4, -0.2) is 5.91 Å². The van der Waals surface area contributed by atoms with Crippen molar-refractivity contribution in [1.82, 2.24) is 0 Å². The van der Waals surface area contributed by atoms with Crippen LogP contribution < -0.4 is 32.6 Å². The predicted molar refractivity (Wildman–Crippen MR) is 111 cm³/mol. The number of amides is 1. The fourth-order valence-corrected chi connectivity index (χ4v) is 3.76. The van der Waals surface area contributed by atoms with Crippen LogP contribution in [0.15, 0.2) is 66.7 Å². The zero-order valence-corrected chi connectivity index (χ0v) is 17.5. The van der Waals surface area contributed by atoms with E-state index < -0.39 is 0 Å². The van der Waals surface area contributed by atoms with Crippen molar-refractivity contribution in [2.75, 3.05) is 11.1 Å². The molecule has 0 aliphatic heterocycles. The molecule has 0 atom stereocenters. The molecule has 5 heteroatoms. The largest absolute Gasteiger partial charge is 1.00 e. The van der Waals surface area contributed by atoms with Gasteiger partial charge in [-0.05, 0) is 43.3 Å². The van der Waals surface area contributed by atoms with Gasteiger partial charge in [0.2, 0.25) is 17.1 Å². The maximum Gasteiger partial charge on any atom is 0.221 e. The SMILES string of the molecule is CC[n+]1c(-c2ccccc2)c2cc(NC(C)=O)ccc2c2ccc(N)cc21.[Br-]. The molecule has 4 aromatic rings. The van der Waals surface area contributed by atoms with Gasteiger partial charge in [-0.25, -0.2) is 0 Å². The van der Waals surface area contributed by atoms with Crippen molar-refractivity contribution >= 4 is 39.0 Å². The summed E-state index contributed by atoms with van der Waals surface area (Å²) in [5.74, 6) is -0.0764. The molecule has 1 amide bonds. The third-order valence-corrected chi connectivity index (χ3v) is 4.83. The number of fused-ring (bicyclic) bond motifs is 3. The average molecular weight is 436 g/mol. The minimum atomic E-state index is -0.0764. The van der Waals surface area contributed by atoms with Crippen LogP contribution in [0, 0.1) is 0 Å². The number of hydrogen-bond acceptors (Lipinski definition) is 2. The lowest BCUT2D eigenvalue weighted by Gasteiger charge is -2.13. The van der Waals surface area contributed by atoms with Gasteiger partial charge in [-0.2, -0.15) is 4.57 Å². The Kier molecular flexibility index (Phi) is 5.66.